The van der Waals surface area contributed by atoms with E-state index in [0.29, 0.717) is 0 Å². The first-order chi connectivity index (χ1) is 8.18. The molecule has 16 heteroatoms. The fourth-order valence-electron chi connectivity index (χ4n) is 0.912. The van der Waals surface area contributed by atoms with E-state index in [1.54, 1.807) is 0 Å². The van der Waals surface area contributed by atoms with Crippen LogP contribution in [0.2, 0.25) is 0 Å². The molecule has 0 saturated carbocycles. The summed E-state index contributed by atoms with van der Waals surface area (Å²) >= 11 is 7.63. The second-order valence-electron chi connectivity index (χ2n) is 3.05. The van der Waals surface area contributed by atoms with Crippen LogP contribution in [0.4, 0.5) is 52.7 Å². The zero-order chi connectivity index (χ0) is 17.0. The van der Waals surface area contributed by atoms with E-state index in [4.69, 9.17) is 0 Å². The monoisotopic (exact) mass is 391 g/mol. The minimum absolute atomic E-state index is 3.81. The molecule has 0 aromatic rings. The van der Waals surface area contributed by atoms with E-state index in [-0.39, 0.29) is 0 Å². The standard InChI is InChI=1S/C4Cl2F12NP/c5-20(6,3(13,14)15,4(16,17)18)19(1(7,8)9)2(10,11)12. The third-order valence-electron chi connectivity index (χ3n) is 1.70. The molecule has 1 nitrogen and oxygen atoms in total. The fourth-order valence-corrected chi connectivity index (χ4v) is 3.48. The van der Waals surface area contributed by atoms with Gasteiger partial charge in [-0.1, -0.05) is 0 Å². The number of alkyl halides is 12. The Kier molecular flexibility index (Phi) is 4.59. The van der Waals surface area contributed by atoms with Crippen molar-refractivity contribution in [2.75, 3.05) is 0 Å². The van der Waals surface area contributed by atoms with E-state index in [1.807, 2.05) is 0 Å². The molecule has 20 heavy (non-hydrogen) atoms. The van der Waals surface area contributed by atoms with Crippen molar-refractivity contribution in [3.8, 4) is 0 Å². The first-order valence-electron chi connectivity index (χ1n) is 3.70. The number of rotatable bonds is 1. The Morgan fingerprint density at radius 2 is 0.750 bits per heavy atom. The summed E-state index contributed by atoms with van der Waals surface area (Å²) in [6.07, 6.45) is -14.4. The Balaban J connectivity index is 6.73. The molecule has 0 aliphatic heterocycles. The second-order valence-corrected chi connectivity index (χ2v) is 10.7. The molecule has 0 heterocycles. The molecule has 0 bridgehead atoms. The summed E-state index contributed by atoms with van der Waals surface area (Å²) in [5.41, 5.74) is -9.53. The predicted octanol–water partition coefficient (Wildman–Crippen LogP) is 6.14. The van der Waals surface area contributed by atoms with Crippen LogP contribution >= 0.6 is 27.9 Å². The van der Waals surface area contributed by atoms with Gasteiger partial charge in [-0.15, -0.1) is 0 Å². The SMILES string of the molecule is FC(F)(F)N(C(F)(F)F)P(Cl)(Cl)(C(F)(F)F)C(F)(F)F. The molecule has 0 fully saturated rings. The average molecular weight is 392 g/mol. The molecule has 0 unspecified atom stereocenters. The molecule has 0 atom stereocenters. The van der Waals surface area contributed by atoms with Crippen LogP contribution in [-0.2, 0) is 0 Å². The number of nitrogens with zero attached hydrogens (tertiary/aromatic N) is 1. The summed E-state index contributed by atoms with van der Waals surface area (Å²) in [6.45, 7) is 0. The van der Waals surface area contributed by atoms with Gasteiger partial charge >= 0.3 is 110 Å². The van der Waals surface area contributed by atoms with Crippen LogP contribution in [0.3, 0.4) is 0 Å². The van der Waals surface area contributed by atoms with E-state index >= 15 is 0 Å². The van der Waals surface area contributed by atoms with Crippen LogP contribution in [0, 0.1) is 0 Å². The zero-order valence-electron chi connectivity index (χ0n) is 8.19. The molecule has 124 valence electrons. The zero-order valence-corrected chi connectivity index (χ0v) is 10.6. The number of halogens is 14. The van der Waals surface area contributed by atoms with Crippen molar-refractivity contribution in [1.29, 1.82) is 0 Å². The summed E-state index contributed by atoms with van der Waals surface area (Å²) in [7, 11) is 0. The summed E-state index contributed by atoms with van der Waals surface area (Å²) < 4.78 is 143. The van der Waals surface area contributed by atoms with E-state index in [0.717, 1.165) is 0 Å². The van der Waals surface area contributed by atoms with Gasteiger partial charge in [0.1, 0.15) is 0 Å². The van der Waals surface area contributed by atoms with Gasteiger partial charge in [0.15, 0.2) is 0 Å². The first kappa shape index (κ1) is 20.1. The van der Waals surface area contributed by atoms with Gasteiger partial charge in [0.25, 0.3) is 0 Å². The van der Waals surface area contributed by atoms with Crippen molar-refractivity contribution in [3.63, 3.8) is 0 Å². The van der Waals surface area contributed by atoms with Crippen LogP contribution < -0.4 is 0 Å². The molecule has 0 rings (SSSR count). The molecule has 0 spiro atoms. The van der Waals surface area contributed by atoms with E-state index in [9.17, 15) is 52.7 Å². The molecule has 0 saturated heterocycles. The number of hydrogen-bond donors (Lipinski definition) is 0. The third-order valence-corrected chi connectivity index (χ3v) is 7.79. The summed E-state index contributed by atoms with van der Waals surface area (Å²) in [5.74, 6) is -14.5. The van der Waals surface area contributed by atoms with Crippen LogP contribution in [0.25, 0.3) is 0 Å². The summed E-state index contributed by atoms with van der Waals surface area (Å²) in [4.78, 5) is 0. The van der Waals surface area contributed by atoms with Crippen LogP contribution in [-0.4, -0.2) is 29.1 Å². The van der Waals surface area contributed by atoms with Gasteiger partial charge in [0.2, 0.25) is 0 Å². The molecular formula is C4Cl2F12NP. The van der Waals surface area contributed by atoms with Gasteiger partial charge in [0, 0.05) is 0 Å². The molecule has 0 aromatic heterocycles. The first-order valence-corrected chi connectivity index (χ1v) is 7.70. The Labute approximate surface area is 110 Å². The van der Waals surface area contributed by atoms with Crippen molar-refractivity contribution in [3.05, 3.63) is 0 Å². The summed E-state index contributed by atoms with van der Waals surface area (Å²) in [5, 5.41) is 0. The van der Waals surface area contributed by atoms with Crippen LogP contribution in [0.1, 0.15) is 0 Å². The van der Waals surface area contributed by atoms with Gasteiger partial charge in [-0.25, -0.2) is 0 Å². The van der Waals surface area contributed by atoms with E-state index in [1.165, 1.54) is 0 Å². The van der Waals surface area contributed by atoms with Gasteiger partial charge in [0.05, 0.1) is 0 Å². The van der Waals surface area contributed by atoms with Crippen molar-refractivity contribution in [2.24, 2.45) is 0 Å². The van der Waals surface area contributed by atoms with Crippen molar-refractivity contribution < 1.29 is 52.7 Å². The second kappa shape index (κ2) is 4.56. The van der Waals surface area contributed by atoms with Crippen LogP contribution in [0.15, 0.2) is 0 Å². The van der Waals surface area contributed by atoms with Crippen molar-refractivity contribution in [2.45, 2.75) is 24.4 Å². The third kappa shape index (κ3) is 2.73. The predicted molar refractivity (Wildman–Crippen MR) is 44.7 cm³/mol. The Morgan fingerprint density at radius 1 is 0.550 bits per heavy atom. The number of hydrogen-bond acceptors (Lipinski definition) is 1. The van der Waals surface area contributed by atoms with E-state index < -0.39 is 34.6 Å². The quantitative estimate of drug-likeness (QED) is 0.294. The van der Waals surface area contributed by atoms with Gasteiger partial charge in [-0.2, -0.15) is 0 Å². The van der Waals surface area contributed by atoms with Gasteiger partial charge in [-0.3, -0.25) is 0 Å². The normalized spacial score (nSPS) is 18.1. The summed E-state index contributed by atoms with van der Waals surface area (Å²) in [6, 6.07) is 0. The topological polar surface area (TPSA) is 3.24 Å². The molecule has 0 N–H and O–H groups in total. The molecular weight excluding hydrogens is 392 g/mol. The molecule has 0 aromatic carbocycles. The molecule has 0 aliphatic rings. The Morgan fingerprint density at radius 3 is 0.800 bits per heavy atom. The van der Waals surface area contributed by atoms with E-state index in [2.05, 4.69) is 22.5 Å². The maximum atomic E-state index is 12.3. The fraction of sp³-hybridized carbons (Fsp3) is 1.00. The Hall–Kier alpha value is 0.130. The minimum atomic E-state index is -9.53. The van der Waals surface area contributed by atoms with Crippen LogP contribution in [0.5, 0.6) is 0 Å². The maximum absolute atomic E-state index is 12.3. The van der Waals surface area contributed by atoms with Gasteiger partial charge < -0.3 is 0 Å². The average Bonchev–Trinajstić information content (AvgIpc) is 1.90. The van der Waals surface area contributed by atoms with Crippen molar-refractivity contribution in [1.82, 2.24) is 4.67 Å². The molecule has 0 aliphatic carbocycles. The van der Waals surface area contributed by atoms with Gasteiger partial charge in [-0.05, 0) is 0 Å². The Bertz CT molecular complexity index is 343. The molecule has 0 amide bonds. The molecule has 0 radical (unpaired) electrons. The van der Waals surface area contributed by atoms with Crippen molar-refractivity contribution >= 4 is 27.9 Å².